The molecule has 3 heterocycles. The Morgan fingerprint density at radius 2 is 2.05 bits per heavy atom. The summed E-state index contributed by atoms with van der Waals surface area (Å²) in [6, 6.07) is 5.54. The third-order valence-corrected chi connectivity index (χ3v) is 3.07. The van der Waals surface area contributed by atoms with Gasteiger partial charge in [0.1, 0.15) is 11.8 Å². The van der Waals surface area contributed by atoms with Gasteiger partial charge < -0.3 is 0 Å². The van der Waals surface area contributed by atoms with E-state index in [4.69, 9.17) is 28.5 Å². The molecule has 0 fully saturated rings. The Bertz CT molecular complexity index is 819. The maximum absolute atomic E-state index is 9.04. The highest BCUT2D eigenvalue weighted by molar-refractivity contribution is 6.33. The molecular formula is C12H5Cl2N5. The largest absolute Gasteiger partial charge is 0.297 e. The van der Waals surface area contributed by atoms with Gasteiger partial charge in [0.25, 0.3) is 0 Å². The summed E-state index contributed by atoms with van der Waals surface area (Å²) in [6.07, 6.45) is 4.81. The second kappa shape index (κ2) is 4.50. The average molecular weight is 290 g/mol. The number of fused-ring (bicyclic) bond motifs is 1. The van der Waals surface area contributed by atoms with Gasteiger partial charge in [-0.15, -0.1) is 0 Å². The molecule has 0 aliphatic heterocycles. The molecule has 0 spiro atoms. The predicted octanol–water partition coefficient (Wildman–Crippen LogP) is 2.97. The maximum Gasteiger partial charge on any atom is 0.223 e. The highest BCUT2D eigenvalue weighted by Gasteiger charge is 2.13. The van der Waals surface area contributed by atoms with Crippen LogP contribution in [0.1, 0.15) is 5.56 Å². The smallest absolute Gasteiger partial charge is 0.223 e. The van der Waals surface area contributed by atoms with E-state index in [0.717, 1.165) is 0 Å². The Hall–Kier alpha value is -2.16. The highest BCUT2D eigenvalue weighted by Crippen LogP contribution is 2.27. The Morgan fingerprint density at radius 1 is 1.21 bits per heavy atom. The molecule has 0 saturated heterocycles. The molecular weight excluding hydrogens is 285 g/mol. The van der Waals surface area contributed by atoms with Crippen molar-refractivity contribution in [2.75, 3.05) is 0 Å². The van der Waals surface area contributed by atoms with Crippen molar-refractivity contribution in [1.82, 2.24) is 19.4 Å². The summed E-state index contributed by atoms with van der Waals surface area (Å²) in [5, 5.41) is 9.51. The minimum atomic E-state index is 0.103. The lowest BCUT2D eigenvalue weighted by atomic mass is 10.3. The van der Waals surface area contributed by atoms with Crippen LogP contribution in [0.25, 0.3) is 17.0 Å². The first-order valence-electron chi connectivity index (χ1n) is 5.25. The molecule has 0 bridgehead atoms. The van der Waals surface area contributed by atoms with Crippen molar-refractivity contribution < 1.29 is 0 Å². The van der Waals surface area contributed by atoms with E-state index in [1.807, 2.05) is 0 Å². The van der Waals surface area contributed by atoms with E-state index in [0.29, 0.717) is 27.6 Å². The van der Waals surface area contributed by atoms with E-state index in [1.165, 1.54) is 6.20 Å². The van der Waals surface area contributed by atoms with Crippen LogP contribution in [0, 0.1) is 11.3 Å². The van der Waals surface area contributed by atoms with Crippen molar-refractivity contribution in [2.24, 2.45) is 0 Å². The lowest BCUT2D eigenvalue weighted by molar-refractivity contribution is 1.12. The molecule has 0 aliphatic carbocycles. The molecule has 0 unspecified atom stereocenters. The monoisotopic (exact) mass is 289 g/mol. The van der Waals surface area contributed by atoms with Crippen molar-refractivity contribution in [3.05, 3.63) is 46.6 Å². The van der Waals surface area contributed by atoms with Gasteiger partial charge >= 0.3 is 0 Å². The summed E-state index contributed by atoms with van der Waals surface area (Å²) < 4.78 is 1.74. The summed E-state index contributed by atoms with van der Waals surface area (Å²) >= 11 is 11.9. The maximum atomic E-state index is 9.04. The van der Waals surface area contributed by atoms with Crippen molar-refractivity contribution in [1.29, 1.82) is 5.26 Å². The van der Waals surface area contributed by atoms with Crippen LogP contribution in [0.4, 0.5) is 0 Å². The van der Waals surface area contributed by atoms with Gasteiger partial charge in [-0.25, -0.2) is 15.0 Å². The third kappa shape index (κ3) is 1.91. The molecule has 0 N–H and O–H groups in total. The second-order valence-electron chi connectivity index (χ2n) is 3.71. The van der Waals surface area contributed by atoms with Crippen LogP contribution in [0.3, 0.4) is 0 Å². The van der Waals surface area contributed by atoms with Crippen LogP contribution in [0.5, 0.6) is 0 Å². The summed E-state index contributed by atoms with van der Waals surface area (Å²) in [5.41, 5.74) is 2.15. The normalized spacial score (nSPS) is 10.6. The zero-order valence-corrected chi connectivity index (χ0v) is 10.9. The van der Waals surface area contributed by atoms with Crippen molar-refractivity contribution in [3.63, 3.8) is 0 Å². The Labute approximate surface area is 118 Å². The lowest BCUT2D eigenvalue weighted by Gasteiger charge is -2.03. The van der Waals surface area contributed by atoms with Crippen LogP contribution < -0.4 is 0 Å². The zero-order chi connectivity index (χ0) is 13.4. The van der Waals surface area contributed by atoms with Gasteiger partial charge in [-0.2, -0.15) is 5.26 Å². The van der Waals surface area contributed by atoms with Gasteiger partial charge in [0.2, 0.25) is 5.28 Å². The van der Waals surface area contributed by atoms with E-state index in [-0.39, 0.29) is 5.28 Å². The highest BCUT2D eigenvalue weighted by atomic mass is 35.5. The van der Waals surface area contributed by atoms with E-state index in [2.05, 4.69) is 21.0 Å². The van der Waals surface area contributed by atoms with Gasteiger partial charge in [-0.05, 0) is 23.7 Å². The lowest BCUT2D eigenvalue weighted by Crippen LogP contribution is -1.94. The molecule has 0 aromatic carbocycles. The Morgan fingerprint density at radius 3 is 2.84 bits per heavy atom. The number of nitriles is 1. The van der Waals surface area contributed by atoms with Gasteiger partial charge in [-0.3, -0.25) is 4.40 Å². The summed E-state index contributed by atoms with van der Waals surface area (Å²) in [6.45, 7) is 0. The Kier molecular flexibility index (Phi) is 2.82. The molecule has 92 valence electrons. The third-order valence-electron chi connectivity index (χ3n) is 2.61. The number of halogens is 2. The van der Waals surface area contributed by atoms with E-state index >= 15 is 0 Å². The van der Waals surface area contributed by atoms with Crippen LogP contribution in [0.15, 0.2) is 30.7 Å². The molecule has 3 aromatic heterocycles. The van der Waals surface area contributed by atoms with Crippen molar-refractivity contribution >= 4 is 28.8 Å². The van der Waals surface area contributed by atoms with Crippen molar-refractivity contribution in [3.8, 4) is 17.5 Å². The average Bonchev–Trinajstić information content (AvgIpc) is 2.85. The second-order valence-corrected chi connectivity index (χ2v) is 4.45. The topological polar surface area (TPSA) is 66.9 Å². The van der Waals surface area contributed by atoms with Crippen molar-refractivity contribution in [2.45, 2.75) is 0 Å². The molecule has 0 amide bonds. The summed E-state index contributed by atoms with van der Waals surface area (Å²) in [5.74, 6) is 0. The Balaban J connectivity index is 2.33. The summed E-state index contributed by atoms with van der Waals surface area (Å²) in [7, 11) is 0. The van der Waals surface area contributed by atoms with Gasteiger partial charge in [0, 0.05) is 6.20 Å². The molecule has 3 aromatic rings. The molecule has 0 saturated carbocycles. The van der Waals surface area contributed by atoms with E-state index in [9.17, 15) is 0 Å². The fourth-order valence-electron chi connectivity index (χ4n) is 1.80. The van der Waals surface area contributed by atoms with Crippen LogP contribution in [-0.2, 0) is 0 Å². The fourth-order valence-corrected chi connectivity index (χ4v) is 2.12. The van der Waals surface area contributed by atoms with Crippen LogP contribution >= 0.6 is 23.2 Å². The zero-order valence-electron chi connectivity index (χ0n) is 9.38. The minimum Gasteiger partial charge on any atom is -0.297 e. The van der Waals surface area contributed by atoms with Crippen LogP contribution in [-0.4, -0.2) is 19.4 Å². The number of pyridine rings is 1. The minimum absolute atomic E-state index is 0.103. The molecule has 0 aliphatic rings. The number of rotatable bonds is 1. The molecule has 5 nitrogen and oxygen atoms in total. The molecule has 0 atom stereocenters. The first-order chi connectivity index (χ1) is 9.20. The fraction of sp³-hybridized carbons (Fsp3) is 0. The quantitative estimate of drug-likeness (QED) is 0.646. The predicted molar refractivity (Wildman–Crippen MR) is 71.0 cm³/mol. The molecule has 3 rings (SSSR count). The molecule has 7 heteroatoms. The van der Waals surface area contributed by atoms with Gasteiger partial charge in [-0.1, -0.05) is 11.6 Å². The number of hydrogen-bond donors (Lipinski definition) is 0. The van der Waals surface area contributed by atoms with E-state index in [1.54, 1.807) is 28.9 Å². The molecule has 19 heavy (non-hydrogen) atoms. The first kappa shape index (κ1) is 11.9. The summed E-state index contributed by atoms with van der Waals surface area (Å²) in [4.78, 5) is 12.1. The van der Waals surface area contributed by atoms with Crippen LogP contribution in [0.2, 0.25) is 10.3 Å². The van der Waals surface area contributed by atoms with Gasteiger partial charge in [0.15, 0.2) is 5.65 Å². The number of hydrogen-bond acceptors (Lipinski definition) is 4. The SMILES string of the molecule is N#Cc1cccn2c(-c3nc(Cl)ncc3Cl)cnc12. The standard InChI is InChI=1S/C12H5Cl2N5/c13-8-5-17-12(14)18-10(8)9-6-16-11-7(4-15)2-1-3-19(9)11/h1-3,5-6H. The van der Waals surface area contributed by atoms with E-state index < -0.39 is 0 Å². The van der Waals surface area contributed by atoms with Gasteiger partial charge in [0.05, 0.1) is 28.7 Å². The number of aromatic nitrogens is 4. The number of imidazole rings is 1. The molecule has 0 radical (unpaired) electrons. The number of nitrogens with zero attached hydrogens (tertiary/aromatic N) is 5. The first-order valence-corrected chi connectivity index (χ1v) is 6.01.